The first-order valence-electron chi connectivity index (χ1n) is 15.2. The Morgan fingerprint density at radius 1 is 0.804 bits per heavy atom. The Balaban J connectivity index is 0.00000480. The van der Waals surface area contributed by atoms with E-state index < -0.39 is 25.3 Å². The van der Waals surface area contributed by atoms with E-state index in [1.54, 1.807) is 77.7 Å². The van der Waals surface area contributed by atoms with E-state index in [1.165, 1.54) is 0 Å². The lowest BCUT2D eigenvalue weighted by atomic mass is 10.1. The van der Waals surface area contributed by atoms with Gasteiger partial charge in [-0.3, -0.25) is 9.59 Å². The van der Waals surface area contributed by atoms with Crippen LogP contribution in [-0.4, -0.2) is 41.6 Å². The molecule has 1 fully saturated rings. The third-order valence-electron chi connectivity index (χ3n) is 7.45. The van der Waals surface area contributed by atoms with Crippen molar-refractivity contribution >= 4 is 31.8 Å². The highest BCUT2D eigenvalue weighted by Crippen LogP contribution is 2.53. The van der Waals surface area contributed by atoms with Gasteiger partial charge in [0.05, 0.1) is 0 Å². The number of ether oxygens (including phenoxy) is 1. The summed E-state index contributed by atoms with van der Waals surface area (Å²) in [6.07, 6.45) is 2.68. The summed E-state index contributed by atoms with van der Waals surface area (Å²) in [4.78, 5) is 29.2. The van der Waals surface area contributed by atoms with E-state index >= 15 is 0 Å². The molecule has 0 aromatic heterocycles. The number of nitrogens with two attached hydrogens (primary N) is 1. The minimum atomic E-state index is -4.04. The van der Waals surface area contributed by atoms with Crippen molar-refractivity contribution in [2.45, 2.75) is 43.9 Å². The highest BCUT2D eigenvalue weighted by molar-refractivity contribution is 7.55. The molecule has 0 aliphatic carbocycles. The van der Waals surface area contributed by atoms with Crippen LogP contribution in [0.4, 0.5) is 0 Å². The number of carbonyl (C=O) groups excluding carboxylic acids is 2. The minimum absolute atomic E-state index is 0. The van der Waals surface area contributed by atoms with Crippen LogP contribution in [0.25, 0.3) is 0 Å². The third kappa shape index (κ3) is 9.13. The van der Waals surface area contributed by atoms with Gasteiger partial charge < -0.3 is 29.7 Å². The van der Waals surface area contributed by atoms with Crippen molar-refractivity contribution in [3.8, 4) is 23.0 Å². The number of carbonyl (C=O) groups is 2. The van der Waals surface area contributed by atoms with Gasteiger partial charge in [-0.1, -0.05) is 60.7 Å². The Morgan fingerprint density at radius 3 is 1.96 bits per heavy atom. The lowest BCUT2D eigenvalue weighted by molar-refractivity contribution is -0.125. The van der Waals surface area contributed by atoms with Crippen molar-refractivity contribution in [3.63, 3.8) is 0 Å². The smallest absolute Gasteiger partial charge is 0.452 e. The first kappa shape index (κ1) is 34.6. The van der Waals surface area contributed by atoms with Crippen LogP contribution >= 0.6 is 20.0 Å². The molecule has 1 aliphatic heterocycles. The lowest BCUT2D eigenvalue weighted by Crippen LogP contribution is -2.49. The Bertz CT molecular complexity index is 1550. The number of hydrogen-bond donors (Lipinski definition) is 2. The molecule has 0 radical (unpaired) electrons. The van der Waals surface area contributed by atoms with E-state index in [2.05, 4.69) is 5.32 Å². The number of rotatable bonds is 14. The van der Waals surface area contributed by atoms with Gasteiger partial charge in [0.2, 0.25) is 5.91 Å². The van der Waals surface area contributed by atoms with Crippen LogP contribution < -0.4 is 24.8 Å². The standard InChI is InChI=1S/C35H38N3O6P.ClH/c36-24-11-10-23-33(45(41,43-29-17-6-2-7-18-29)44-30-19-8-3-9-20-30)37-34(39)32-22-13-25-38(32)35(40)27-14-12-21-31(26-27)42-28-15-4-1-5-16-28;/h1-9,12,14-21,26,32-33H,10-11,13,22-25,36H2,(H,37,39);1H. The monoisotopic (exact) mass is 663 g/mol. The Labute approximate surface area is 276 Å². The summed E-state index contributed by atoms with van der Waals surface area (Å²) in [6.45, 7) is 0.860. The molecule has 242 valence electrons. The van der Waals surface area contributed by atoms with Gasteiger partial charge in [0, 0.05) is 12.1 Å². The average Bonchev–Trinajstić information content (AvgIpc) is 3.56. The summed E-state index contributed by atoms with van der Waals surface area (Å²) in [5.74, 6) is 0.191. The maximum atomic E-state index is 14.6. The highest BCUT2D eigenvalue weighted by atomic mass is 35.5. The van der Waals surface area contributed by atoms with Gasteiger partial charge in [-0.05, 0) is 93.2 Å². The van der Waals surface area contributed by atoms with Crippen LogP contribution in [0.15, 0.2) is 115 Å². The van der Waals surface area contributed by atoms with E-state index in [4.69, 9.17) is 19.5 Å². The Kier molecular flexibility index (Phi) is 12.7. The Hall–Kier alpha value is -4.30. The summed E-state index contributed by atoms with van der Waals surface area (Å²) in [5.41, 5.74) is 6.17. The third-order valence-corrected chi connectivity index (χ3v) is 9.53. The number of likely N-dealkylation sites (tertiary alicyclic amines) is 1. The maximum Gasteiger partial charge on any atom is 0.452 e. The molecule has 5 rings (SSSR count). The van der Waals surface area contributed by atoms with Gasteiger partial charge in [-0.25, -0.2) is 4.57 Å². The summed E-state index contributed by atoms with van der Waals surface area (Å²) < 4.78 is 32.7. The zero-order valence-corrected chi connectivity index (χ0v) is 27.1. The fourth-order valence-corrected chi connectivity index (χ4v) is 7.13. The molecule has 11 heteroatoms. The molecule has 9 nitrogen and oxygen atoms in total. The minimum Gasteiger partial charge on any atom is -0.457 e. The summed E-state index contributed by atoms with van der Waals surface area (Å²) >= 11 is 0. The first-order chi connectivity index (χ1) is 21.9. The molecule has 2 unspecified atom stereocenters. The average molecular weight is 664 g/mol. The number of para-hydroxylation sites is 3. The molecule has 0 spiro atoms. The van der Waals surface area contributed by atoms with Crippen molar-refractivity contribution in [2.24, 2.45) is 5.73 Å². The largest absolute Gasteiger partial charge is 0.457 e. The maximum absolute atomic E-state index is 14.6. The molecule has 1 heterocycles. The summed E-state index contributed by atoms with van der Waals surface area (Å²) in [6, 6.07) is 32.9. The molecule has 4 aromatic carbocycles. The Morgan fingerprint density at radius 2 is 1.37 bits per heavy atom. The SMILES string of the molecule is Cl.NCCCCC(NC(=O)C1CCCN1C(=O)c1cccc(Oc2ccccc2)c1)P(=O)(Oc1ccccc1)Oc1ccccc1. The van der Waals surface area contributed by atoms with Crippen molar-refractivity contribution in [1.82, 2.24) is 10.2 Å². The van der Waals surface area contributed by atoms with Gasteiger partial charge in [0.15, 0.2) is 5.78 Å². The van der Waals surface area contributed by atoms with E-state index in [0.29, 0.717) is 73.8 Å². The number of unbranched alkanes of at least 4 members (excludes halogenated alkanes) is 1. The lowest BCUT2D eigenvalue weighted by Gasteiger charge is -2.30. The van der Waals surface area contributed by atoms with Crippen LogP contribution in [0.2, 0.25) is 0 Å². The van der Waals surface area contributed by atoms with Crippen LogP contribution in [-0.2, 0) is 9.36 Å². The molecule has 46 heavy (non-hydrogen) atoms. The first-order valence-corrected chi connectivity index (χ1v) is 16.8. The molecule has 0 bridgehead atoms. The van der Waals surface area contributed by atoms with Gasteiger partial charge in [-0.15, -0.1) is 12.4 Å². The van der Waals surface area contributed by atoms with Gasteiger partial charge >= 0.3 is 7.60 Å². The summed E-state index contributed by atoms with van der Waals surface area (Å²) in [5, 5.41) is 2.97. The number of halogens is 1. The fourth-order valence-electron chi connectivity index (χ4n) is 5.22. The van der Waals surface area contributed by atoms with E-state index in [-0.39, 0.29) is 18.3 Å². The predicted molar refractivity (Wildman–Crippen MR) is 181 cm³/mol. The van der Waals surface area contributed by atoms with Crippen molar-refractivity contribution < 1.29 is 27.9 Å². The molecule has 3 N–H and O–H groups in total. The van der Waals surface area contributed by atoms with Gasteiger partial charge in [-0.2, -0.15) is 0 Å². The quantitative estimate of drug-likeness (QED) is 0.106. The number of nitrogens with zero attached hydrogens (tertiary/aromatic N) is 1. The van der Waals surface area contributed by atoms with Crippen LogP contribution in [0.1, 0.15) is 42.5 Å². The zero-order chi connectivity index (χ0) is 31.5. The molecule has 1 saturated heterocycles. The second-order valence-electron chi connectivity index (χ2n) is 10.8. The second kappa shape index (κ2) is 16.9. The van der Waals surface area contributed by atoms with Crippen LogP contribution in [0.5, 0.6) is 23.0 Å². The van der Waals surface area contributed by atoms with Crippen molar-refractivity contribution in [3.05, 3.63) is 121 Å². The molecule has 2 atom stereocenters. The van der Waals surface area contributed by atoms with Gasteiger partial charge in [0.25, 0.3) is 5.91 Å². The highest BCUT2D eigenvalue weighted by Gasteiger charge is 2.43. The number of benzene rings is 4. The molecule has 1 aliphatic rings. The normalized spacial score (nSPS) is 14.9. The van der Waals surface area contributed by atoms with Crippen LogP contribution in [0.3, 0.4) is 0 Å². The topological polar surface area (TPSA) is 120 Å². The zero-order valence-electron chi connectivity index (χ0n) is 25.4. The van der Waals surface area contributed by atoms with Crippen LogP contribution in [0, 0.1) is 0 Å². The number of amides is 2. The fraction of sp³-hybridized carbons (Fsp3) is 0.257. The molecule has 0 saturated carbocycles. The van der Waals surface area contributed by atoms with E-state index in [1.807, 2.05) is 42.5 Å². The predicted octanol–water partition coefficient (Wildman–Crippen LogP) is 7.43. The summed E-state index contributed by atoms with van der Waals surface area (Å²) in [7, 11) is -4.04. The molecule has 4 aromatic rings. The van der Waals surface area contributed by atoms with E-state index in [0.717, 1.165) is 0 Å². The second-order valence-corrected chi connectivity index (χ2v) is 12.8. The van der Waals surface area contributed by atoms with Gasteiger partial charge in [0.1, 0.15) is 29.0 Å². The molecular weight excluding hydrogens is 625 g/mol. The van der Waals surface area contributed by atoms with E-state index in [9.17, 15) is 14.2 Å². The molecule has 2 amide bonds. The molecular formula is C35H39ClN3O6P. The van der Waals surface area contributed by atoms with Crippen molar-refractivity contribution in [2.75, 3.05) is 13.1 Å². The number of nitrogens with one attached hydrogen (secondary N) is 1. The van der Waals surface area contributed by atoms with Crippen molar-refractivity contribution in [1.29, 1.82) is 0 Å². The number of hydrogen-bond acceptors (Lipinski definition) is 7.